The first kappa shape index (κ1) is 15.8. The van der Waals surface area contributed by atoms with Crippen molar-refractivity contribution in [2.45, 2.75) is 6.92 Å². The molecule has 0 saturated carbocycles. The number of hydrogen-bond donors (Lipinski definition) is 2. The van der Waals surface area contributed by atoms with Crippen LogP contribution >= 0.6 is 30.8 Å². The number of halogens is 2. The molecule has 0 bridgehead atoms. The smallest absolute Gasteiger partial charge is 0.356 e. The van der Waals surface area contributed by atoms with Gasteiger partial charge in [-0.3, -0.25) is 4.57 Å². The van der Waals surface area contributed by atoms with Crippen LogP contribution in [0.25, 0.3) is 0 Å². The summed E-state index contributed by atoms with van der Waals surface area (Å²) in [7, 11) is -4.24. The monoisotopic (exact) mass is 311 g/mol. The molecule has 18 heavy (non-hydrogen) atoms. The van der Waals surface area contributed by atoms with E-state index in [1.165, 1.54) is 12.1 Å². The van der Waals surface area contributed by atoms with Crippen LogP contribution in [0.5, 0.6) is 0 Å². The van der Waals surface area contributed by atoms with Gasteiger partial charge >= 0.3 is 7.60 Å². The van der Waals surface area contributed by atoms with Crippen molar-refractivity contribution in [1.29, 1.82) is 0 Å². The molecule has 0 radical (unpaired) electrons. The van der Waals surface area contributed by atoms with Gasteiger partial charge in [-0.15, -0.1) is 23.2 Å². The van der Waals surface area contributed by atoms with Gasteiger partial charge in [-0.25, -0.2) is 0 Å². The lowest BCUT2D eigenvalue weighted by atomic mass is 10.2. The Labute approximate surface area is 117 Å². The van der Waals surface area contributed by atoms with Gasteiger partial charge in [0, 0.05) is 30.5 Å². The zero-order valence-electron chi connectivity index (χ0n) is 10.0. The maximum absolute atomic E-state index is 11.3. The van der Waals surface area contributed by atoms with E-state index in [0.29, 0.717) is 24.8 Å². The Morgan fingerprint density at radius 2 is 1.78 bits per heavy atom. The van der Waals surface area contributed by atoms with Crippen LogP contribution in [0.15, 0.2) is 18.2 Å². The lowest BCUT2D eigenvalue weighted by molar-refractivity contribution is 0.387. The van der Waals surface area contributed by atoms with Crippen molar-refractivity contribution < 1.29 is 14.4 Å². The van der Waals surface area contributed by atoms with Gasteiger partial charge in [0.15, 0.2) is 0 Å². The van der Waals surface area contributed by atoms with E-state index in [0.717, 1.165) is 11.3 Å². The molecule has 4 nitrogen and oxygen atoms in total. The minimum absolute atomic E-state index is 0.0113. The molecule has 0 atom stereocenters. The molecule has 1 aromatic rings. The molecule has 0 spiro atoms. The third kappa shape index (κ3) is 4.15. The molecule has 0 fully saturated rings. The maximum Gasteiger partial charge on any atom is 0.356 e. The molecule has 0 saturated heterocycles. The van der Waals surface area contributed by atoms with E-state index in [-0.39, 0.29) is 5.30 Å². The van der Waals surface area contributed by atoms with Crippen LogP contribution in [0.4, 0.5) is 5.69 Å². The summed E-state index contributed by atoms with van der Waals surface area (Å²) in [6.45, 7) is 3.05. The van der Waals surface area contributed by atoms with Crippen molar-refractivity contribution in [3.63, 3.8) is 0 Å². The molecule has 0 aliphatic carbocycles. The van der Waals surface area contributed by atoms with Gasteiger partial charge in [-0.1, -0.05) is 6.07 Å². The van der Waals surface area contributed by atoms with Gasteiger partial charge in [-0.05, 0) is 24.6 Å². The van der Waals surface area contributed by atoms with Gasteiger partial charge < -0.3 is 14.7 Å². The van der Waals surface area contributed by atoms with Crippen LogP contribution in [0.2, 0.25) is 0 Å². The molecule has 2 N–H and O–H groups in total. The Morgan fingerprint density at radius 3 is 2.22 bits per heavy atom. The van der Waals surface area contributed by atoms with Crippen LogP contribution in [0.3, 0.4) is 0 Å². The molecule has 0 aliphatic heterocycles. The summed E-state index contributed by atoms with van der Waals surface area (Å²) >= 11 is 11.5. The summed E-state index contributed by atoms with van der Waals surface area (Å²) in [6.07, 6.45) is 0. The first-order chi connectivity index (χ1) is 8.40. The number of alkyl halides is 2. The summed E-state index contributed by atoms with van der Waals surface area (Å²) in [4.78, 5) is 20.3. The van der Waals surface area contributed by atoms with E-state index in [4.69, 9.17) is 23.2 Å². The highest BCUT2D eigenvalue weighted by atomic mass is 35.5. The van der Waals surface area contributed by atoms with Gasteiger partial charge in [-0.2, -0.15) is 0 Å². The molecule has 0 unspecified atom stereocenters. The number of rotatable bonds is 6. The van der Waals surface area contributed by atoms with E-state index in [1.807, 2.05) is 11.8 Å². The van der Waals surface area contributed by atoms with Crippen LogP contribution in [-0.2, 0) is 4.57 Å². The van der Waals surface area contributed by atoms with Crippen molar-refractivity contribution in [2.24, 2.45) is 0 Å². The topological polar surface area (TPSA) is 60.8 Å². The SMILES string of the molecule is Cc1ccc(P(=O)(O)O)cc1N(CCCl)CCCl. The highest BCUT2D eigenvalue weighted by Gasteiger charge is 2.19. The van der Waals surface area contributed by atoms with Crippen LogP contribution in [-0.4, -0.2) is 34.6 Å². The second-order valence-electron chi connectivity index (χ2n) is 3.88. The molecule has 1 aromatic carbocycles. The minimum atomic E-state index is -4.24. The van der Waals surface area contributed by atoms with E-state index in [1.54, 1.807) is 6.07 Å². The highest BCUT2D eigenvalue weighted by molar-refractivity contribution is 7.60. The molecule has 1 rings (SSSR count). The number of aryl methyl sites for hydroxylation is 1. The first-order valence-corrected chi connectivity index (χ1v) is 8.12. The highest BCUT2D eigenvalue weighted by Crippen LogP contribution is 2.35. The number of anilines is 1. The second kappa shape index (κ2) is 6.78. The minimum Gasteiger partial charge on any atom is -0.369 e. The van der Waals surface area contributed by atoms with E-state index in [9.17, 15) is 14.4 Å². The van der Waals surface area contributed by atoms with Gasteiger partial charge in [0.2, 0.25) is 0 Å². The van der Waals surface area contributed by atoms with Crippen molar-refractivity contribution in [3.05, 3.63) is 23.8 Å². The van der Waals surface area contributed by atoms with Gasteiger partial charge in [0.05, 0.1) is 5.30 Å². The molecular weight excluding hydrogens is 296 g/mol. The molecule has 102 valence electrons. The van der Waals surface area contributed by atoms with Crippen molar-refractivity contribution in [2.75, 3.05) is 29.7 Å². The lowest BCUT2D eigenvalue weighted by Gasteiger charge is -2.25. The van der Waals surface area contributed by atoms with Crippen molar-refractivity contribution in [1.82, 2.24) is 0 Å². The fourth-order valence-electron chi connectivity index (χ4n) is 1.68. The quantitative estimate of drug-likeness (QED) is 0.624. The fraction of sp³-hybridized carbons (Fsp3) is 0.455. The van der Waals surface area contributed by atoms with E-state index >= 15 is 0 Å². The average molecular weight is 312 g/mol. The standard InChI is InChI=1S/C11H16Cl2NO3P/c1-9-2-3-10(18(15,16)17)8-11(9)14(6-4-12)7-5-13/h2-3,8H,4-7H2,1H3,(H2,15,16,17). The van der Waals surface area contributed by atoms with Crippen LogP contribution < -0.4 is 10.2 Å². The number of hydrogen-bond acceptors (Lipinski definition) is 2. The number of benzene rings is 1. The van der Waals surface area contributed by atoms with Crippen molar-refractivity contribution in [3.8, 4) is 0 Å². The largest absolute Gasteiger partial charge is 0.369 e. The van der Waals surface area contributed by atoms with Gasteiger partial charge in [0.25, 0.3) is 0 Å². The molecule has 7 heteroatoms. The summed E-state index contributed by atoms with van der Waals surface area (Å²) in [5.74, 6) is 0.854. The summed E-state index contributed by atoms with van der Waals surface area (Å²) in [5.41, 5.74) is 1.69. The Balaban J connectivity index is 3.16. The zero-order chi connectivity index (χ0) is 13.8. The Morgan fingerprint density at radius 1 is 1.22 bits per heavy atom. The van der Waals surface area contributed by atoms with Crippen molar-refractivity contribution >= 4 is 41.8 Å². The maximum atomic E-state index is 11.3. The lowest BCUT2D eigenvalue weighted by Crippen LogP contribution is -2.29. The molecule has 0 amide bonds. The first-order valence-electron chi connectivity index (χ1n) is 5.43. The van der Waals surface area contributed by atoms with E-state index < -0.39 is 7.60 Å². The molecular formula is C11H16Cl2NO3P. The summed E-state index contributed by atoms with van der Waals surface area (Å²) < 4.78 is 11.3. The third-order valence-corrected chi connectivity index (χ3v) is 3.87. The second-order valence-corrected chi connectivity index (χ2v) is 6.24. The fourth-order valence-corrected chi connectivity index (χ4v) is 2.64. The Kier molecular flexibility index (Phi) is 5.96. The predicted molar refractivity (Wildman–Crippen MR) is 76.5 cm³/mol. The molecule has 0 heterocycles. The van der Waals surface area contributed by atoms with Crippen LogP contribution in [0, 0.1) is 6.92 Å². The third-order valence-electron chi connectivity index (χ3n) is 2.58. The molecule has 0 aliphatic rings. The zero-order valence-corrected chi connectivity index (χ0v) is 12.4. The van der Waals surface area contributed by atoms with Crippen LogP contribution in [0.1, 0.15) is 5.56 Å². The average Bonchev–Trinajstić information content (AvgIpc) is 2.28. The number of nitrogens with zero attached hydrogens (tertiary/aromatic N) is 1. The van der Waals surface area contributed by atoms with E-state index in [2.05, 4.69) is 0 Å². The Hall–Kier alpha value is -0.250. The summed E-state index contributed by atoms with van der Waals surface area (Å²) in [5, 5.41) is 0.0113. The predicted octanol–water partition coefficient (Wildman–Crippen LogP) is 2.08. The normalized spacial score (nSPS) is 11.6. The molecule has 0 aromatic heterocycles. The Bertz CT molecular complexity index is 444. The van der Waals surface area contributed by atoms with Gasteiger partial charge in [0.1, 0.15) is 0 Å². The summed E-state index contributed by atoms with van der Waals surface area (Å²) in [6, 6.07) is 4.65.